The van der Waals surface area contributed by atoms with Crippen LogP contribution in [0.2, 0.25) is 0 Å². The number of benzene rings is 2. The van der Waals surface area contributed by atoms with E-state index in [2.05, 4.69) is 5.10 Å². The van der Waals surface area contributed by atoms with Crippen molar-refractivity contribution >= 4 is 28.1 Å². The van der Waals surface area contributed by atoms with Crippen molar-refractivity contribution in [1.29, 1.82) is 0 Å². The largest absolute Gasteiger partial charge is 0.374 e. The molecule has 0 unspecified atom stereocenters. The third-order valence-electron chi connectivity index (χ3n) is 3.61. The molecule has 0 aliphatic heterocycles. The molecule has 4 nitrogen and oxygen atoms in total. The summed E-state index contributed by atoms with van der Waals surface area (Å²) >= 11 is 4.91. The summed E-state index contributed by atoms with van der Waals surface area (Å²) in [5.74, 6) is 0. The van der Waals surface area contributed by atoms with E-state index < -0.39 is 0 Å². The van der Waals surface area contributed by atoms with E-state index in [1.165, 1.54) is 0 Å². The lowest BCUT2D eigenvalue weighted by Crippen LogP contribution is -2.33. The van der Waals surface area contributed by atoms with Crippen molar-refractivity contribution in [3.8, 4) is 22.4 Å². The molecule has 0 bridgehead atoms. The van der Waals surface area contributed by atoms with Gasteiger partial charge in [0.2, 0.25) is 0 Å². The van der Waals surface area contributed by atoms with Gasteiger partial charge in [-0.3, -0.25) is 4.79 Å². The Hall–Kier alpha value is -2.53. The number of nitrogens with zero attached hydrogens (tertiary/aromatic N) is 2. The van der Waals surface area contributed by atoms with Gasteiger partial charge in [0.1, 0.15) is 5.69 Å². The summed E-state index contributed by atoms with van der Waals surface area (Å²) in [4.78, 5) is 12.4. The van der Waals surface area contributed by atoms with Crippen LogP contribution in [0.15, 0.2) is 47.3 Å². The monoisotopic (exact) mass is 279 g/mol. The van der Waals surface area contributed by atoms with Gasteiger partial charge < -0.3 is 5.73 Å². The van der Waals surface area contributed by atoms with E-state index in [-0.39, 0.29) is 10.7 Å². The Morgan fingerprint density at radius 3 is 2.50 bits per heavy atom. The highest BCUT2D eigenvalue weighted by atomic mass is 32.1. The van der Waals surface area contributed by atoms with Crippen LogP contribution in [0.1, 0.15) is 0 Å². The van der Waals surface area contributed by atoms with Gasteiger partial charge in [-0.15, -0.1) is 0 Å². The smallest absolute Gasteiger partial charge is 0.281 e. The highest BCUT2D eigenvalue weighted by Crippen LogP contribution is 2.44. The average Bonchev–Trinajstić information content (AvgIpc) is 2.78. The zero-order chi connectivity index (χ0) is 13.9. The zero-order valence-electron chi connectivity index (χ0n) is 10.3. The lowest BCUT2D eigenvalue weighted by molar-refractivity contribution is 0.881. The van der Waals surface area contributed by atoms with Crippen LogP contribution in [0.3, 0.4) is 0 Å². The van der Waals surface area contributed by atoms with Crippen LogP contribution in [0.4, 0.5) is 0 Å². The Labute approximate surface area is 119 Å². The van der Waals surface area contributed by atoms with Crippen molar-refractivity contribution < 1.29 is 0 Å². The van der Waals surface area contributed by atoms with Gasteiger partial charge in [0.25, 0.3) is 5.56 Å². The number of rotatable bonds is 0. The van der Waals surface area contributed by atoms with Crippen LogP contribution >= 0.6 is 12.2 Å². The molecular formula is C15H9N3OS. The minimum Gasteiger partial charge on any atom is -0.374 e. The van der Waals surface area contributed by atoms with Gasteiger partial charge in [-0.2, -0.15) is 9.78 Å². The topological polar surface area (TPSA) is 60.9 Å². The minimum absolute atomic E-state index is 0.0389. The van der Waals surface area contributed by atoms with E-state index in [1.807, 2.05) is 36.4 Å². The summed E-state index contributed by atoms with van der Waals surface area (Å²) in [7, 11) is 0. The maximum atomic E-state index is 12.4. The van der Waals surface area contributed by atoms with E-state index >= 15 is 0 Å². The van der Waals surface area contributed by atoms with E-state index in [0.717, 1.165) is 32.5 Å². The number of hydrogen-bond donors (Lipinski definition) is 1. The summed E-state index contributed by atoms with van der Waals surface area (Å²) in [5, 5.41) is 5.79. The Morgan fingerprint density at radius 2 is 1.75 bits per heavy atom. The molecule has 20 heavy (non-hydrogen) atoms. The molecule has 1 aromatic heterocycles. The first-order chi connectivity index (χ1) is 9.68. The van der Waals surface area contributed by atoms with E-state index in [9.17, 15) is 4.79 Å². The molecule has 3 aromatic rings. The maximum Gasteiger partial charge on any atom is 0.281 e. The van der Waals surface area contributed by atoms with Crippen LogP contribution in [0.5, 0.6) is 0 Å². The van der Waals surface area contributed by atoms with Crippen LogP contribution in [0.25, 0.3) is 33.2 Å². The highest BCUT2D eigenvalue weighted by Gasteiger charge is 2.24. The van der Waals surface area contributed by atoms with Crippen molar-refractivity contribution in [3.63, 3.8) is 0 Å². The molecule has 0 saturated carbocycles. The molecule has 0 spiro atoms. The number of nitrogens with two attached hydrogens (primary N) is 1. The highest BCUT2D eigenvalue weighted by molar-refractivity contribution is 7.80. The van der Waals surface area contributed by atoms with Crippen LogP contribution < -0.4 is 11.3 Å². The molecule has 1 aliphatic carbocycles. The van der Waals surface area contributed by atoms with Crippen molar-refractivity contribution in [2.45, 2.75) is 0 Å². The third kappa shape index (κ3) is 1.27. The predicted octanol–water partition coefficient (Wildman–Crippen LogP) is 2.14. The second-order valence-corrected chi connectivity index (χ2v) is 5.10. The normalized spacial score (nSPS) is 11.6. The first-order valence-corrected chi connectivity index (χ1v) is 6.55. The lowest BCUT2D eigenvalue weighted by Gasteiger charge is -2.06. The fourth-order valence-electron chi connectivity index (χ4n) is 2.78. The second kappa shape index (κ2) is 3.74. The molecular weight excluding hydrogens is 270 g/mol. The quantitative estimate of drug-likeness (QED) is 0.501. The van der Waals surface area contributed by atoms with Gasteiger partial charge in [-0.25, -0.2) is 0 Å². The van der Waals surface area contributed by atoms with E-state index in [4.69, 9.17) is 18.0 Å². The summed E-state index contributed by atoms with van der Waals surface area (Å²) in [6.07, 6.45) is 0. The van der Waals surface area contributed by atoms with Crippen molar-refractivity contribution in [1.82, 2.24) is 9.78 Å². The number of thiocarbonyl (C=S) groups is 1. The Bertz CT molecular complexity index is 959. The van der Waals surface area contributed by atoms with Crippen molar-refractivity contribution in [3.05, 3.63) is 52.8 Å². The fraction of sp³-hybridized carbons (Fsp3) is 0. The molecule has 0 atom stereocenters. The van der Waals surface area contributed by atoms with Crippen LogP contribution in [-0.4, -0.2) is 14.9 Å². The average molecular weight is 279 g/mol. The third-order valence-corrected chi connectivity index (χ3v) is 3.78. The summed E-state index contributed by atoms with van der Waals surface area (Å²) in [6, 6.07) is 13.6. The number of hydrogen-bond acceptors (Lipinski definition) is 3. The second-order valence-electron chi connectivity index (χ2n) is 4.68. The molecule has 5 heteroatoms. The summed E-state index contributed by atoms with van der Waals surface area (Å²) in [6.45, 7) is 0. The zero-order valence-corrected chi connectivity index (χ0v) is 11.1. The van der Waals surface area contributed by atoms with Gasteiger partial charge in [-0.05, 0) is 29.4 Å². The molecule has 2 aromatic carbocycles. The lowest BCUT2D eigenvalue weighted by atomic mass is 10.0. The van der Waals surface area contributed by atoms with E-state index in [1.54, 1.807) is 6.07 Å². The maximum absolute atomic E-state index is 12.4. The Balaban J connectivity index is 2.29. The Morgan fingerprint density at radius 1 is 1.05 bits per heavy atom. The Kier molecular flexibility index (Phi) is 2.11. The fourth-order valence-corrected chi connectivity index (χ4v) is 2.91. The molecule has 1 aliphatic rings. The molecule has 96 valence electrons. The standard InChI is InChI=1S/C15H9N3OS/c16-15(20)18-14(19)11-7-3-6-9-8-4-1-2-5-10(8)13(17-18)12(9)11/h1-7H,(H2,16,20). The van der Waals surface area contributed by atoms with Gasteiger partial charge in [0.15, 0.2) is 5.11 Å². The number of fused-ring (bicyclic) bond motifs is 3. The first kappa shape index (κ1) is 11.3. The summed E-state index contributed by atoms with van der Waals surface area (Å²) < 4.78 is 1.10. The molecule has 0 fully saturated rings. The van der Waals surface area contributed by atoms with Crippen LogP contribution in [-0.2, 0) is 0 Å². The van der Waals surface area contributed by atoms with Crippen LogP contribution in [0, 0.1) is 0 Å². The van der Waals surface area contributed by atoms with Gasteiger partial charge >= 0.3 is 0 Å². The van der Waals surface area contributed by atoms with Crippen molar-refractivity contribution in [2.24, 2.45) is 5.73 Å². The molecule has 0 radical (unpaired) electrons. The van der Waals surface area contributed by atoms with Gasteiger partial charge in [0.05, 0.1) is 5.39 Å². The molecule has 0 amide bonds. The molecule has 1 heterocycles. The first-order valence-electron chi connectivity index (χ1n) is 6.14. The van der Waals surface area contributed by atoms with Gasteiger partial charge in [0, 0.05) is 10.9 Å². The van der Waals surface area contributed by atoms with E-state index in [0.29, 0.717) is 5.39 Å². The molecule has 2 N–H and O–H groups in total. The minimum atomic E-state index is -0.272. The SMILES string of the molecule is NC(=S)n1nc2c3c(cccc3c1=O)-c1ccccc1-2. The predicted molar refractivity (Wildman–Crippen MR) is 82.6 cm³/mol. The summed E-state index contributed by atoms with van der Waals surface area (Å²) in [5.41, 5.74) is 9.21. The van der Waals surface area contributed by atoms with Gasteiger partial charge in [-0.1, -0.05) is 36.4 Å². The molecule has 0 saturated heterocycles. The van der Waals surface area contributed by atoms with Crippen molar-refractivity contribution in [2.75, 3.05) is 0 Å². The molecule has 4 rings (SSSR count). The number of aromatic nitrogens is 2.